The van der Waals surface area contributed by atoms with Crippen LogP contribution in [0.3, 0.4) is 0 Å². The van der Waals surface area contributed by atoms with Crippen LogP contribution in [0.15, 0.2) is 18.2 Å². The number of para-hydroxylation sites is 1. The maximum absolute atomic E-state index is 5.95. The third kappa shape index (κ3) is 4.60. The summed E-state index contributed by atoms with van der Waals surface area (Å²) in [5.41, 5.74) is 0. The second-order valence-corrected chi connectivity index (χ2v) is 4.36. The quantitative estimate of drug-likeness (QED) is 0.589. The summed E-state index contributed by atoms with van der Waals surface area (Å²) in [6.45, 7) is 3.57. The number of hydrogen-bond donors (Lipinski definition) is 1. The highest BCUT2D eigenvalue weighted by molar-refractivity contribution is 6.37. The molecule has 0 atom stereocenters. The first kappa shape index (κ1) is 13.6. The summed E-state index contributed by atoms with van der Waals surface area (Å²) in [5.74, 6) is 0.550. The van der Waals surface area contributed by atoms with Gasteiger partial charge >= 0.3 is 0 Å². The average molecular weight is 262 g/mol. The van der Waals surface area contributed by atoms with Crippen LogP contribution in [0, 0.1) is 0 Å². The van der Waals surface area contributed by atoms with Gasteiger partial charge in [-0.15, -0.1) is 0 Å². The topological polar surface area (TPSA) is 21.3 Å². The van der Waals surface area contributed by atoms with Crippen molar-refractivity contribution in [3.8, 4) is 5.75 Å². The molecular formula is C12H17Cl2NO. The molecule has 0 aliphatic heterocycles. The molecule has 0 spiro atoms. The fourth-order valence-corrected chi connectivity index (χ4v) is 1.82. The molecule has 0 heterocycles. The third-order valence-corrected chi connectivity index (χ3v) is 2.79. The number of halogens is 2. The van der Waals surface area contributed by atoms with Crippen molar-refractivity contribution in [2.24, 2.45) is 0 Å². The van der Waals surface area contributed by atoms with Crippen LogP contribution in [0.4, 0.5) is 0 Å². The van der Waals surface area contributed by atoms with Gasteiger partial charge in [0.1, 0.15) is 6.73 Å². The largest absolute Gasteiger partial charge is 0.475 e. The molecule has 1 N–H and O–H groups in total. The first-order chi connectivity index (χ1) is 7.75. The standard InChI is InChI=1S/C12H17Cl2NO/c1-2-3-4-8-15-9-16-12-10(13)6-5-7-11(12)14/h5-7,15H,2-4,8-9H2,1H3. The molecule has 0 unspecified atom stereocenters. The minimum Gasteiger partial charge on any atom is -0.475 e. The molecule has 16 heavy (non-hydrogen) atoms. The van der Waals surface area contributed by atoms with Crippen LogP contribution in [0.25, 0.3) is 0 Å². The molecule has 0 aliphatic carbocycles. The monoisotopic (exact) mass is 261 g/mol. The zero-order valence-corrected chi connectivity index (χ0v) is 10.9. The summed E-state index contributed by atoms with van der Waals surface area (Å²) in [6.07, 6.45) is 3.62. The third-order valence-electron chi connectivity index (χ3n) is 2.19. The molecule has 0 saturated heterocycles. The van der Waals surface area contributed by atoms with Gasteiger partial charge in [0.05, 0.1) is 10.0 Å². The number of benzene rings is 1. The molecule has 1 aromatic rings. The van der Waals surface area contributed by atoms with Crippen LogP contribution < -0.4 is 10.1 Å². The van der Waals surface area contributed by atoms with E-state index in [2.05, 4.69) is 12.2 Å². The number of ether oxygens (including phenoxy) is 1. The van der Waals surface area contributed by atoms with Gasteiger partial charge in [0, 0.05) is 0 Å². The van der Waals surface area contributed by atoms with E-state index in [1.54, 1.807) is 18.2 Å². The van der Waals surface area contributed by atoms with Gasteiger partial charge in [0.15, 0.2) is 5.75 Å². The van der Waals surface area contributed by atoms with Crippen molar-refractivity contribution in [1.82, 2.24) is 5.32 Å². The number of nitrogens with one attached hydrogen (secondary N) is 1. The smallest absolute Gasteiger partial charge is 0.158 e. The van der Waals surface area contributed by atoms with Crippen molar-refractivity contribution in [3.05, 3.63) is 28.2 Å². The normalized spacial score (nSPS) is 10.4. The number of unbranched alkanes of at least 4 members (excludes halogenated alkanes) is 2. The second-order valence-electron chi connectivity index (χ2n) is 3.55. The molecular weight excluding hydrogens is 245 g/mol. The van der Waals surface area contributed by atoms with E-state index in [1.807, 2.05) is 0 Å². The van der Waals surface area contributed by atoms with E-state index < -0.39 is 0 Å². The predicted octanol–water partition coefficient (Wildman–Crippen LogP) is 4.11. The molecule has 0 bridgehead atoms. The summed E-state index contributed by atoms with van der Waals surface area (Å²) in [5, 5.41) is 4.27. The maximum atomic E-state index is 5.95. The van der Waals surface area contributed by atoms with Crippen LogP contribution in [-0.2, 0) is 0 Å². The van der Waals surface area contributed by atoms with Gasteiger partial charge in [0.25, 0.3) is 0 Å². The van der Waals surface area contributed by atoms with Crippen molar-refractivity contribution in [3.63, 3.8) is 0 Å². The summed E-state index contributed by atoms with van der Waals surface area (Å²) >= 11 is 11.9. The van der Waals surface area contributed by atoms with Gasteiger partial charge in [-0.1, -0.05) is 49.0 Å². The molecule has 4 heteroatoms. The molecule has 1 rings (SSSR count). The van der Waals surface area contributed by atoms with E-state index in [-0.39, 0.29) is 0 Å². The van der Waals surface area contributed by atoms with Crippen LogP contribution in [0.1, 0.15) is 26.2 Å². The molecule has 0 saturated carbocycles. The molecule has 0 amide bonds. The van der Waals surface area contributed by atoms with Crippen LogP contribution >= 0.6 is 23.2 Å². The van der Waals surface area contributed by atoms with E-state index in [0.717, 1.165) is 13.0 Å². The molecule has 0 fully saturated rings. The molecule has 0 radical (unpaired) electrons. The Morgan fingerprint density at radius 1 is 1.19 bits per heavy atom. The average Bonchev–Trinajstić information content (AvgIpc) is 2.26. The van der Waals surface area contributed by atoms with Gasteiger partial charge in [-0.2, -0.15) is 0 Å². The Kier molecular flexibility index (Phi) is 6.62. The van der Waals surface area contributed by atoms with Gasteiger partial charge < -0.3 is 4.74 Å². The fourth-order valence-electron chi connectivity index (χ4n) is 1.32. The Morgan fingerprint density at radius 3 is 2.50 bits per heavy atom. The second kappa shape index (κ2) is 7.77. The van der Waals surface area contributed by atoms with E-state index in [0.29, 0.717) is 22.5 Å². The summed E-state index contributed by atoms with van der Waals surface area (Å²) in [4.78, 5) is 0. The SMILES string of the molecule is CCCCCNCOc1c(Cl)cccc1Cl. The zero-order chi connectivity index (χ0) is 11.8. The molecule has 2 nitrogen and oxygen atoms in total. The minimum absolute atomic E-state index is 0.438. The highest BCUT2D eigenvalue weighted by Crippen LogP contribution is 2.31. The number of rotatable bonds is 7. The number of hydrogen-bond acceptors (Lipinski definition) is 2. The van der Waals surface area contributed by atoms with Gasteiger partial charge in [0.2, 0.25) is 0 Å². The van der Waals surface area contributed by atoms with Gasteiger partial charge in [-0.05, 0) is 25.1 Å². The minimum atomic E-state index is 0.438. The lowest BCUT2D eigenvalue weighted by Crippen LogP contribution is -2.21. The van der Waals surface area contributed by atoms with E-state index in [4.69, 9.17) is 27.9 Å². The molecule has 0 aliphatic rings. The lowest BCUT2D eigenvalue weighted by Gasteiger charge is -2.10. The van der Waals surface area contributed by atoms with Crippen molar-refractivity contribution in [2.75, 3.05) is 13.3 Å². The lowest BCUT2D eigenvalue weighted by atomic mass is 10.2. The lowest BCUT2D eigenvalue weighted by molar-refractivity contribution is 0.283. The van der Waals surface area contributed by atoms with Gasteiger partial charge in [-0.25, -0.2) is 0 Å². The Hall–Kier alpha value is -0.440. The Bertz CT molecular complexity index is 298. The van der Waals surface area contributed by atoms with Crippen LogP contribution in [0.5, 0.6) is 5.75 Å². The maximum Gasteiger partial charge on any atom is 0.158 e. The van der Waals surface area contributed by atoms with Crippen molar-refractivity contribution in [2.45, 2.75) is 26.2 Å². The van der Waals surface area contributed by atoms with E-state index in [1.165, 1.54) is 12.8 Å². The van der Waals surface area contributed by atoms with Crippen molar-refractivity contribution >= 4 is 23.2 Å². The van der Waals surface area contributed by atoms with Gasteiger partial charge in [-0.3, -0.25) is 5.32 Å². The molecule has 1 aromatic carbocycles. The summed E-state index contributed by atoms with van der Waals surface area (Å²) < 4.78 is 5.47. The Morgan fingerprint density at radius 2 is 1.88 bits per heavy atom. The summed E-state index contributed by atoms with van der Waals surface area (Å²) in [7, 11) is 0. The van der Waals surface area contributed by atoms with Crippen molar-refractivity contribution in [1.29, 1.82) is 0 Å². The molecule has 0 aromatic heterocycles. The van der Waals surface area contributed by atoms with Crippen molar-refractivity contribution < 1.29 is 4.74 Å². The Labute approximate surface area is 107 Å². The summed E-state index contributed by atoms with van der Waals surface area (Å²) in [6, 6.07) is 5.33. The molecule has 90 valence electrons. The van der Waals surface area contributed by atoms with E-state index >= 15 is 0 Å². The van der Waals surface area contributed by atoms with Crippen LogP contribution in [0.2, 0.25) is 10.0 Å². The zero-order valence-electron chi connectivity index (χ0n) is 9.43. The highest BCUT2D eigenvalue weighted by atomic mass is 35.5. The highest BCUT2D eigenvalue weighted by Gasteiger charge is 2.05. The first-order valence-corrected chi connectivity index (χ1v) is 6.28. The first-order valence-electron chi connectivity index (χ1n) is 5.53. The van der Waals surface area contributed by atoms with E-state index in [9.17, 15) is 0 Å². The fraction of sp³-hybridized carbons (Fsp3) is 0.500. The Balaban J connectivity index is 2.26. The van der Waals surface area contributed by atoms with Crippen LogP contribution in [-0.4, -0.2) is 13.3 Å². The predicted molar refractivity (Wildman–Crippen MR) is 69.5 cm³/mol.